The number of hydrogen-bond donors (Lipinski definition) is 0. The van der Waals surface area contributed by atoms with Gasteiger partial charge >= 0.3 is 5.97 Å². The van der Waals surface area contributed by atoms with Gasteiger partial charge in [-0.25, -0.2) is 4.79 Å². The monoisotopic (exact) mass is 276 g/mol. The summed E-state index contributed by atoms with van der Waals surface area (Å²) in [7, 11) is 0. The van der Waals surface area contributed by atoms with Crippen LogP contribution in [0.4, 0.5) is 0 Å². The molecule has 0 unspecified atom stereocenters. The summed E-state index contributed by atoms with van der Waals surface area (Å²) in [5.41, 5.74) is 0.269. The molecule has 0 radical (unpaired) electrons. The largest absolute Gasteiger partial charge is 0.479 e. The van der Waals surface area contributed by atoms with E-state index in [4.69, 9.17) is 9.47 Å². The van der Waals surface area contributed by atoms with Crippen LogP contribution in [0, 0.1) is 0 Å². The highest BCUT2D eigenvalue weighted by atomic mass is 16.6. The van der Waals surface area contributed by atoms with Gasteiger partial charge < -0.3 is 9.47 Å². The number of ether oxygens (including phenoxy) is 2. The molecule has 20 heavy (non-hydrogen) atoms. The van der Waals surface area contributed by atoms with Crippen LogP contribution in [0.2, 0.25) is 0 Å². The van der Waals surface area contributed by atoms with E-state index < -0.39 is 11.7 Å². The van der Waals surface area contributed by atoms with Gasteiger partial charge in [-0.05, 0) is 33.8 Å². The molecule has 0 aromatic heterocycles. The van der Waals surface area contributed by atoms with Crippen molar-refractivity contribution < 1.29 is 14.3 Å². The molecule has 1 atom stereocenters. The van der Waals surface area contributed by atoms with Gasteiger partial charge in [-0.3, -0.25) is 0 Å². The second-order valence-electron chi connectivity index (χ2n) is 5.55. The highest BCUT2D eigenvalue weighted by Crippen LogP contribution is 2.25. The summed E-state index contributed by atoms with van der Waals surface area (Å²) in [6.45, 7) is 9.44. The summed E-state index contributed by atoms with van der Waals surface area (Å²) >= 11 is 0. The molecule has 0 aliphatic rings. The van der Waals surface area contributed by atoms with Gasteiger partial charge in [0.1, 0.15) is 5.60 Å². The minimum Gasteiger partial charge on any atom is -0.479 e. The highest BCUT2D eigenvalue weighted by molar-refractivity contribution is 5.77. The molecule has 0 amide bonds. The molecule has 1 aromatic carbocycles. The highest BCUT2D eigenvalue weighted by Gasteiger charge is 2.28. The molecule has 0 heterocycles. The lowest BCUT2D eigenvalue weighted by Gasteiger charge is -2.25. The predicted octanol–water partition coefficient (Wildman–Crippen LogP) is 4.40. The summed E-state index contributed by atoms with van der Waals surface area (Å²) in [4.78, 5) is 12.4. The van der Waals surface area contributed by atoms with Gasteiger partial charge in [-0.15, -0.1) is 0 Å². The molecule has 3 heteroatoms. The summed E-state index contributed by atoms with van der Waals surface area (Å²) in [5, 5.41) is 0. The standard InChI is InChI=1S/C17H24O3/c1-6-14(7-2)19-15(13-11-9-8-10-12-13)16(18)20-17(3,4)5/h6,8-12,15H,7H2,1-5H3/b14-6+/t15-/m1/s1. The first kappa shape index (κ1) is 16.3. The Labute approximate surface area is 121 Å². The first-order chi connectivity index (χ1) is 9.37. The van der Waals surface area contributed by atoms with Crippen LogP contribution in [0.1, 0.15) is 52.7 Å². The third kappa shape index (κ3) is 5.08. The first-order valence-electron chi connectivity index (χ1n) is 6.97. The van der Waals surface area contributed by atoms with E-state index in [1.165, 1.54) is 0 Å². The van der Waals surface area contributed by atoms with Crippen molar-refractivity contribution >= 4 is 5.97 Å². The van der Waals surface area contributed by atoms with Crippen LogP contribution < -0.4 is 0 Å². The van der Waals surface area contributed by atoms with Crippen molar-refractivity contribution in [3.05, 3.63) is 47.7 Å². The summed E-state index contributed by atoms with van der Waals surface area (Å²) in [6, 6.07) is 9.43. The number of benzene rings is 1. The molecular formula is C17H24O3. The molecule has 110 valence electrons. The molecule has 0 spiro atoms. The predicted molar refractivity (Wildman–Crippen MR) is 80.2 cm³/mol. The van der Waals surface area contributed by atoms with E-state index >= 15 is 0 Å². The zero-order chi connectivity index (χ0) is 15.2. The van der Waals surface area contributed by atoms with Crippen molar-refractivity contribution in [2.75, 3.05) is 0 Å². The molecular weight excluding hydrogens is 252 g/mol. The Kier molecular flexibility index (Phi) is 5.81. The van der Waals surface area contributed by atoms with Crippen molar-refractivity contribution in [2.45, 2.75) is 52.7 Å². The minimum atomic E-state index is -0.721. The Balaban J connectivity index is 2.99. The smallest absolute Gasteiger partial charge is 0.352 e. The molecule has 0 aliphatic heterocycles. The van der Waals surface area contributed by atoms with Crippen molar-refractivity contribution in [1.82, 2.24) is 0 Å². The molecule has 0 N–H and O–H groups in total. The molecule has 0 saturated carbocycles. The quantitative estimate of drug-likeness (QED) is 0.590. The van der Waals surface area contributed by atoms with Crippen molar-refractivity contribution in [3.63, 3.8) is 0 Å². The molecule has 0 aliphatic carbocycles. The fourth-order valence-corrected chi connectivity index (χ4v) is 1.74. The van der Waals surface area contributed by atoms with Crippen molar-refractivity contribution in [2.24, 2.45) is 0 Å². The van der Waals surface area contributed by atoms with Gasteiger partial charge in [-0.1, -0.05) is 37.3 Å². The third-order valence-corrected chi connectivity index (χ3v) is 2.66. The number of hydrogen-bond acceptors (Lipinski definition) is 3. The van der Waals surface area contributed by atoms with Crippen LogP contribution in [0.15, 0.2) is 42.2 Å². The SMILES string of the molecule is C/C=C(\CC)O[C@@H](C(=O)OC(C)(C)C)c1ccccc1. The lowest BCUT2D eigenvalue weighted by atomic mass is 10.1. The maximum Gasteiger partial charge on any atom is 0.352 e. The Morgan fingerprint density at radius 3 is 2.30 bits per heavy atom. The maximum absolute atomic E-state index is 12.4. The van der Waals surface area contributed by atoms with E-state index in [9.17, 15) is 4.79 Å². The Morgan fingerprint density at radius 2 is 1.85 bits per heavy atom. The lowest BCUT2D eigenvalue weighted by Crippen LogP contribution is -2.29. The molecule has 0 bridgehead atoms. The van der Waals surface area contributed by atoms with Crippen LogP contribution in [0.5, 0.6) is 0 Å². The third-order valence-electron chi connectivity index (χ3n) is 2.66. The van der Waals surface area contributed by atoms with E-state index in [1.807, 2.05) is 71.0 Å². The van der Waals surface area contributed by atoms with Crippen molar-refractivity contribution in [1.29, 1.82) is 0 Å². The van der Waals surface area contributed by atoms with Crippen LogP contribution in [-0.2, 0) is 14.3 Å². The van der Waals surface area contributed by atoms with Gasteiger partial charge in [0, 0.05) is 12.0 Å². The summed E-state index contributed by atoms with van der Waals surface area (Å²) in [6.07, 6.45) is 1.89. The van der Waals surface area contributed by atoms with Crippen LogP contribution in [0.25, 0.3) is 0 Å². The topological polar surface area (TPSA) is 35.5 Å². The fraction of sp³-hybridized carbons (Fsp3) is 0.471. The molecule has 1 rings (SSSR count). The summed E-state index contributed by atoms with van der Waals surface area (Å²) in [5.74, 6) is 0.418. The van der Waals surface area contributed by atoms with Gasteiger partial charge in [-0.2, -0.15) is 0 Å². The second-order valence-corrected chi connectivity index (χ2v) is 5.55. The van der Waals surface area contributed by atoms with E-state index in [0.29, 0.717) is 0 Å². The van der Waals surface area contributed by atoms with E-state index in [0.717, 1.165) is 17.7 Å². The van der Waals surface area contributed by atoms with Crippen LogP contribution >= 0.6 is 0 Å². The Hall–Kier alpha value is -1.77. The molecule has 3 nitrogen and oxygen atoms in total. The number of esters is 1. The van der Waals surface area contributed by atoms with Crippen LogP contribution in [0.3, 0.4) is 0 Å². The van der Waals surface area contributed by atoms with E-state index in [2.05, 4.69) is 0 Å². The van der Waals surface area contributed by atoms with Crippen LogP contribution in [-0.4, -0.2) is 11.6 Å². The number of rotatable bonds is 5. The average Bonchev–Trinajstić information content (AvgIpc) is 2.39. The molecule has 0 fully saturated rings. The number of carbonyl (C=O) groups excluding carboxylic acids is 1. The first-order valence-corrected chi connectivity index (χ1v) is 6.97. The second kappa shape index (κ2) is 7.13. The molecule has 1 aromatic rings. The van der Waals surface area contributed by atoms with E-state index in [-0.39, 0.29) is 5.97 Å². The van der Waals surface area contributed by atoms with Crippen molar-refractivity contribution in [3.8, 4) is 0 Å². The average molecular weight is 276 g/mol. The number of carbonyl (C=O) groups is 1. The maximum atomic E-state index is 12.4. The number of allylic oxidation sites excluding steroid dienone is 2. The zero-order valence-corrected chi connectivity index (χ0v) is 13.0. The van der Waals surface area contributed by atoms with Gasteiger partial charge in [0.2, 0.25) is 6.10 Å². The fourth-order valence-electron chi connectivity index (χ4n) is 1.74. The minimum absolute atomic E-state index is 0.364. The van der Waals surface area contributed by atoms with E-state index in [1.54, 1.807) is 0 Å². The Morgan fingerprint density at radius 1 is 1.25 bits per heavy atom. The van der Waals surface area contributed by atoms with Gasteiger partial charge in [0.05, 0.1) is 5.76 Å². The van der Waals surface area contributed by atoms with Gasteiger partial charge in [0.25, 0.3) is 0 Å². The normalized spacial score (nSPS) is 13.8. The lowest BCUT2D eigenvalue weighted by molar-refractivity contribution is -0.166. The summed E-state index contributed by atoms with van der Waals surface area (Å²) < 4.78 is 11.3. The molecule has 0 saturated heterocycles. The van der Waals surface area contributed by atoms with Gasteiger partial charge in [0.15, 0.2) is 0 Å². The Bertz CT molecular complexity index is 455. The zero-order valence-electron chi connectivity index (χ0n) is 13.0.